The second-order valence-electron chi connectivity index (χ2n) is 6.02. The Kier molecular flexibility index (Phi) is 4.14. The maximum Gasteiger partial charge on any atom is 0.250 e. The number of nitrogens with two attached hydrogens (primary N) is 1. The summed E-state index contributed by atoms with van der Waals surface area (Å²) in [5.41, 5.74) is 7.15. The normalized spacial score (nSPS) is 14.5. The molecule has 1 amide bonds. The molecule has 132 valence electrons. The minimum absolute atomic E-state index is 0.147. The number of hydrogen-bond donors (Lipinski definition) is 1. The third-order valence-electron chi connectivity index (χ3n) is 4.38. The monoisotopic (exact) mass is 351 g/mol. The van der Waals surface area contributed by atoms with Crippen LogP contribution in [-0.2, 0) is 4.74 Å². The lowest BCUT2D eigenvalue weighted by molar-refractivity contribution is 0.100. The molecule has 0 spiro atoms. The Labute approximate surface area is 149 Å². The molecule has 7 nitrogen and oxygen atoms in total. The van der Waals surface area contributed by atoms with Gasteiger partial charge in [-0.2, -0.15) is 0 Å². The first-order valence-electron chi connectivity index (χ1n) is 8.29. The molecular weight excluding hydrogens is 334 g/mol. The summed E-state index contributed by atoms with van der Waals surface area (Å²) in [5, 5.41) is 0.431. The molecule has 3 heterocycles. The average Bonchev–Trinajstić information content (AvgIpc) is 2.68. The summed E-state index contributed by atoms with van der Waals surface area (Å²) < 4.78 is 11.2. The van der Waals surface area contributed by atoms with Crippen LogP contribution in [0, 0.1) is 0 Å². The molecule has 0 aliphatic carbocycles. The van der Waals surface area contributed by atoms with Gasteiger partial charge in [-0.05, 0) is 30.3 Å². The molecule has 4 rings (SSSR count). The van der Waals surface area contributed by atoms with E-state index in [4.69, 9.17) is 14.9 Å². The summed E-state index contributed by atoms with van der Waals surface area (Å²) in [4.78, 5) is 30.5. The first kappa shape index (κ1) is 16.3. The summed E-state index contributed by atoms with van der Waals surface area (Å²) in [6, 6.07) is 9.91. The highest BCUT2D eigenvalue weighted by Gasteiger charge is 2.17. The van der Waals surface area contributed by atoms with Gasteiger partial charge in [0, 0.05) is 30.9 Å². The van der Waals surface area contributed by atoms with Crippen molar-refractivity contribution in [2.24, 2.45) is 5.73 Å². The fraction of sp³-hybridized carbons (Fsp3) is 0.211. The second kappa shape index (κ2) is 6.61. The lowest BCUT2D eigenvalue weighted by Crippen LogP contribution is -2.36. The smallest absolute Gasteiger partial charge is 0.250 e. The van der Waals surface area contributed by atoms with Crippen LogP contribution in [0.15, 0.2) is 51.8 Å². The summed E-state index contributed by atoms with van der Waals surface area (Å²) >= 11 is 0. The molecule has 2 aromatic heterocycles. The number of primary amides is 1. The predicted molar refractivity (Wildman–Crippen MR) is 97.3 cm³/mol. The lowest BCUT2D eigenvalue weighted by Gasteiger charge is -2.27. The topological polar surface area (TPSA) is 98.7 Å². The Morgan fingerprint density at radius 2 is 1.96 bits per heavy atom. The van der Waals surface area contributed by atoms with Gasteiger partial charge in [-0.1, -0.05) is 0 Å². The van der Waals surface area contributed by atoms with Gasteiger partial charge in [-0.15, -0.1) is 0 Å². The molecule has 7 heteroatoms. The molecule has 0 unspecified atom stereocenters. The number of benzene rings is 1. The van der Waals surface area contributed by atoms with Crippen molar-refractivity contribution >= 4 is 22.8 Å². The maximum absolute atomic E-state index is 12.6. The fourth-order valence-electron chi connectivity index (χ4n) is 3.06. The number of ether oxygens (including phenoxy) is 1. The van der Waals surface area contributed by atoms with Crippen molar-refractivity contribution in [3.8, 4) is 11.3 Å². The highest BCUT2D eigenvalue weighted by Crippen LogP contribution is 2.26. The zero-order chi connectivity index (χ0) is 18.1. The quantitative estimate of drug-likeness (QED) is 0.772. The number of morpholine rings is 1. The molecular formula is C19H17N3O4. The Hall–Kier alpha value is -3.19. The van der Waals surface area contributed by atoms with Crippen molar-refractivity contribution in [2.45, 2.75) is 0 Å². The number of amides is 1. The van der Waals surface area contributed by atoms with E-state index in [2.05, 4.69) is 4.98 Å². The molecule has 1 aliphatic heterocycles. The van der Waals surface area contributed by atoms with Crippen LogP contribution in [0.1, 0.15) is 10.4 Å². The summed E-state index contributed by atoms with van der Waals surface area (Å²) in [5.74, 6) is -0.0305. The fourth-order valence-corrected chi connectivity index (χ4v) is 3.06. The van der Waals surface area contributed by atoms with Gasteiger partial charge < -0.3 is 19.8 Å². The van der Waals surface area contributed by atoms with Crippen molar-refractivity contribution < 1.29 is 13.9 Å². The van der Waals surface area contributed by atoms with Gasteiger partial charge >= 0.3 is 0 Å². The van der Waals surface area contributed by atoms with Gasteiger partial charge in [0.05, 0.1) is 29.9 Å². The van der Waals surface area contributed by atoms with Gasteiger partial charge in [-0.25, -0.2) is 0 Å². The maximum atomic E-state index is 12.6. The summed E-state index contributed by atoms with van der Waals surface area (Å²) in [7, 11) is 0. The number of aromatic nitrogens is 1. The highest BCUT2D eigenvalue weighted by molar-refractivity contribution is 5.99. The zero-order valence-electron chi connectivity index (χ0n) is 14.0. The molecule has 0 bridgehead atoms. The van der Waals surface area contributed by atoms with E-state index >= 15 is 0 Å². The standard InChI is InChI=1S/C19H17N3O4/c20-19(24)13-2-1-5-21-18(13)12-3-4-16-14(10-12)15(23)11-17(26-16)22-6-8-25-9-7-22/h1-5,10-11H,6-9H2,(H2,20,24). The number of rotatable bonds is 3. The van der Waals surface area contributed by atoms with E-state index in [1.54, 1.807) is 36.5 Å². The van der Waals surface area contributed by atoms with Crippen LogP contribution in [0.3, 0.4) is 0 Å². The SMILES string of the molecule is NC(=O)c1cccnc1-c1ccc2oc(N3CCOCC3)cc(=O)c2c1. The highest BCUT2D eigenvalue weighted by atomic mass is 16.5. The number of hydrogen-bond acceptors (Lipinski definition) is 6. The van der Waals surface area contributed by atoms with Crippen molar-refractivity contribution in [1.82, 2.24) is 4.98 Å². The van der Waals surface area contributed by atoms with Gasteiger partial charge in [0.15, 0.2) is 11.3 Å². The van der Waals surface area contributed by atoms with E-state index in [1.807, 2.05) is 4.90 Å². The number of carbonyl (C=O) groups excluding carboxylic acids is 1. The number of pyridine rings is 1. The van der Waals surface area contributed by atoms with Crippen molar-refractivity contribution in [2.75, 3.05) is 31.2 Å². The van der Waals surface area contributed by atoms with E-state index < -0.39 is 5.91 Å². The van der Waals surface area contributed by atoms with Gasteiger partial charge in [0.25, 0.3) is 5.91 Å². The first-order valence-corrected chi connectivity index (χ1v) is 8.29. The molecule has 1 aromatic carbocycles. The minimum Gasteiger partial charge on any atom is -0.440 e. The Bertz CT molecular complexity index is 1040. The molecule has 1 aliphatic rings. The molecule has 1 saturated heterocycles. The number of anilines is 1. The largest absolute Gasteiger partial charge is 0.440 e. The molecule has 3 aromatic rings. The molecule has 0 atom stereocenters. The third kappa shape index (κ3) is 2.93. The van der Waals surface area contributed by atoms with E-state index in [9.17, 15) is 9.59 Å². The predicted octanol–water partition coefficient (Wildman–Crippen LogP) is 1.79. The van der Waals surface area contributed by atoms with Gasteiger partial charge in [0.2, 0.25) is 0 Å². The summed E-state index contributed by atoms with van der Waals surface area (Å²) in [6.07, 6.45) is 1.58. The molecule has 0 saturated carbocycles. The Morgan fingerprint density at radius 1 is 1.15 bits per heavy atom. The Morgan fingerprint density at radius 3 is 2.73 bits per heavy atom. The summed E-state index contributed by atoms with van der Waals surface area (Å²) in [6.45, 7) is 2.58. The van der Waals surface area contributed by atoms with Crippen LogP contribution in [0.2, 0.25) is 0 Å². The van der Waals surface area contributed by atoms with E-state index in [0.29, 0.717) is 60.0 Å². The van der Waals surface area contributed by atoms with Crippen LogP contribution in [0.4, 0.5) is 5.88 Å². The van der Waals surface area contributed by atoms with Crippen LogP contribution < -0.4 is 16.1 Å². The number of carbonyl (C=O) groups is 1. The Balaban J connectivity index is 1.80. The van der Waals surface area contributed by atoms with E-state index in [0.717, 1.165) is 0 Å². The average molecular weight is 351 g/mol. The van der Waals surface area contributed by atoms with Crippen LogP contribution in [-0.4, -0.2) is 37.2 Å². The minimum atomic E-state index is -0.567. The third-order valence-corrected chi connectivity index (χ3v) is 4.38. The molecule has 2 N–H and O–H groups in total. The van der Waals surface area contributed by atoms with Crippen molar-refractivity contribution in [3.05, 3.63) is 58.4 Å². The van der Waals surface area contributed by atoms with E-state index in [-0.39, 0.29) is 5.43 Å². The molecule has 26 heavy (non-hydrogen) atoms. The zero-order valence-corrected chi connectivity index (χ0v) is 14.0. The van der Waals surface area contributed by atoms with Crippen LogP contribution >= 0.6 is 0 Å². The molecule has 1 fully saturated rings. The number of fused-ring (bicyclic) bond motifs is 1. The number of nitrogens with zero attached hydrogens (tertiary/aromatic N) is 2. The van der Waals surface area contributed by atoms with E-state index in [1.165, 1.54) is 6.07 Å². The second-order valence-corrected chi connectivity index (χ2v) is 6.02. The first-order chi connectivity index (χ1) is 12.6. The molecule has 0 radical (unpaired) electrons. The van der Waals surface area contributed by atoms with Crippen LogP contribution in [0.25, 0.3) is 22.2 Å². The van der Waals surface area contributed by atoms with Crippen LogP contribution in [0.5, 0.6) is 0 Å². The van der Waals surface area contributed by atoms with Gasteiger partial charge in [0.1, 0.15) is 5.58 Å². The van der Waals surface area contributed by atoms with Crippen molar-refractivity contribution in [3.63, 3.8) is 0 Å². The van der Waals surface area contributed by atoms with Gasteiger partial charge in [-0.3, -0.25) is 14.6 Å². The lowest BCUT2D eigenvalue weighted by atomic mass is 10.0. The van der Waals surface area contributed by atoms with Crippen molar-refractivity contribution in [1.29, 1.82) is 0 Å².